The molecule has 0 fully saturated rings. The molecule has 0 aliphatic carbocycles. The van der Waals surface area contributed by atoms with Crippen LogP contribution in [0.4, 0.5) is 0 Å². The third-order valence-corrected chi connectivity index (χ3v) is 3.50. The van der Waals surface area contributed by atoms with E-state index < -0.39 is 0 Å². The van der Waals surface area contributed by atoms with E-state index in [2.05, 4.69) is 22.5 Å². The summed E-state index contributed by atoms with van der Waals surface area (Å²) in [6.07, 6.45) is 3.37. The van der Waals surface area contributed by atoms with Crippen molar-refractivity contribution in [1.29, 1.82) is 0 Å². The number of rotatable bonds is 9. The Labute approximate surface area is 112 Å². The molecule has 2 N–H and O–H groups in total. The Kier molecular flexibility index (Phi) is 7.55. The van der Waals surface area contributed by atoms with Crippen LogP contribution in [-0.4, -0.2) is 37.7 Å². The molecule has 0 atom stereocenters. The smallest absolute Gasteiger partial charge is 0.221 e. The van der Waals surface area contributed by atoms with E-state index in [0.717, 1.165) is 18.0 Å². The van der Waals surface area contributed by atoms with Gasteiger partial charge in [-0.25, -0.2) is 4.98 Å². The molecule has 18 heavy (non-hydrogen) atoms. The van der Waals surface area contributed by atoms with Crippen molar-refractivity contribution in [1.82, 2.24) is 15.6 Å². The normalized spacial score (nSPS) is 10.6. The zero-order valence-corrected chi connectivity index (χ0v) is 11.8. The maximum Gasteiger partial charge on any atom is 0.221 e. The highest BCUT2D eigenvalue weighted by molar-refractivity contribution is 7.11. The summed E-state index contributed by atoms with van der Waals surface area (Å²) in [7, 11) is 1.62. The lowest BCUT2D eigenvalue weighted by Gasteiger charge is -2.05. The van der Waals surface area contributed by atoms with Crippen LogP contribution in [0.15, 0.2) is 6.20 Å². The molecule has 1 amide bonds. The number of nitrogens with zero attached hydrogens (tertiary/aromatic N) is 1. The Morgan fingerprint density at radius 1 is 1.50 bits per heavy atom. The molecule has 0 saturated carbocycles. The number of aryl methyl sites for hydroxylation is 1. The number of amides is 1. The van der Waals surface area contributed by atoms with Crippen LogP contribution in [0.5, 0.6) is 0 Å². The number of nitrogens with one attached hydrogen (secondary N) is 2. The van der Waals surface area contributed by atoms with Crippen LogP contribution in [-0.2, 0) is 22.5 Å². The Morgan fingerprint density at radius 2 is 2.33 bits per heavy atom. The minimum absolute atomic E-state index is 0.0538. The Hall–Kier alpha value is -0.980. The average molecular weight is 271 g/mol. The first-order chi connectivity index (χ1) is 8.76. The fourth-order valence-electron chi connectivity index (χ4n) is 1.39. The maximum atomic E-state index is 11.4. The van der Waals surface area contributed by atoms with Crippen LogP contribution in [0.25, 0.3) is 0 Å². The van der Waals surface area contributed by atoms with E-state index in [9.17, 15) is 4.79 Å². The summed E-state index contributed by atoms with van der Waals surface area (Å²) in [5.41, 5.74) is 0. The van der Waals surface area contributed by atoms with Crippen LogP contribution < -0.4 is 10.6 Å². The Morgan fingerprint density at radius 3 is 3.00 bits per heavy atom. The van der Waals surface area contributed by atoms with E-state index in [-0.39, 0.29) is 5.91 Å². The summed E-state index contributed by atoms with van der Waals surface area (Å²) in [5.74, 6) is 0.0538. The van der Waals surface area contributed by atoms with Crippen molar-refractivity contribution in [3.8, 4) is 0 Å². The van der Waals surface area contributed by atoms with Crippen LogP contribution in [0.3, 0.4) is 0 Å². The molecule has 0 unspecified atom stereocenters. The van der Waals surface area contributed by atoms with Crippen molar-refractivity contribution in [3.63, 3.8) is 0 Å². The zero-order chi connectivity index (χ0) is 13.2. The van der Waals surface area contributed by atoms with Crippen molar-refractivity contribution in [2.45, 2.75) is 26.3 Å². The van der Waals surface area contributed by atoms with Gasteiger partial charge >= 0.3 is 0 Å². The van der Waals surface area contributed by atoms with E-state index in [1.54, 1.807) is 18.4 Å². The highest BCUT2D eigenvalue weighted by Gasteiger charge is 2.02. The molecule has 0 bridgehead atoms. The molecule has 1 aromatic heterocycles. The predicted octanol–water partition coefficient (Wildman–Crippen LogP) is 0.948. The molecular weight excluding hydrogens is 250 g/mol. The predicted molar refractivity (Wildman–Crippen MR) is 72.7 cm³/mol. The lowest BCUT2D eigenvalue weighted by molar-refractivity contribution is -0.121. The molecule has 1 heterocycles. The summed E-state index contributed by atoms with van der Waals surface area (Å²) < 4.78 is 4.85. The molecule has 1 aromatic rings. The molecule has 5 nitrogen and oxygen atoms in total. The van der Waals surface area contributed by atoms with Crippen LogP contribution in [0.2, 0.25) is 0 Å². The summed E-state index contributed by atoms with van der Waals surface area (Å²) >= 11 is 1.72. The Balaban J connectivity index is 2.05. The maximum absolute atomic E-state index is 11.4. The molecule has 0 spiro atoms. The van der Waals surface area contributed by atoms with Crippen LogP contribution >= 0.6 is 11.3 Å². The van der Waals surface area contributed by atoms with Gasteiger partial charge in [-0.15, -0.1) is 11.3 Å². The number of carbonyl (C=O) groups is 1. The monoisotopic (exact) mass is 271 g/mol. The SMILES string of the molecule is CCc1ncc(CNCCC(=O)NCCOC)s1. The van der Waals surface area contributed by atoms with Gasteiger partial charge in [-0.3, -0.25) is 4.79 Å². The molecule has 0 aliphatic heterocycles. The van der Waals surface area contributed by atoms with Gasteiger partial charge < -0.3 is 15.4 Å². The summed E-state index contributed by atoms with van der Waals surface area (Å²) in [5, 5.41) is 7.18. The number of thiazole rings is 1. The van der Waals surface area contributed by atoms with E-state index >= 15 is 0 Å². The second-order valence-electron chi connectivity index (χ2n) is 3.84. The zero-order valence-electron chi connectivity index (χ0n) is 11.0. The highest BCUT2D eigenvalue weighted by Crippen LogP contribution is 2.12. The molecule has 102 valence electrons. The fraction of sp³-hybridized carbons (Fsp3) is 0.667. The number of hydrogen-bond acceptors (Lipinski definition) is 5. The van der Waals surface area contributed by atoms with E-state index in [4.69, 9.17) is 4.74 Å². The minimum Gasteiger partial charge on any atom is -0.383 e. The fourth-order valence-corrected chi connectivity index (χ4v) is 2.22. The van der Waals surface area contributed by atoms with Gasteiger partial charge in [0.2, 0.25) is 5.91 Å². The van der Waals surface area contributed by atoms with Gasteiger partial charge in [0.05, 0.1) is 11.6 Å². The minimum atomic E-state index is 0.0538. The lowest BCUT2D eigenvalue weighted by atomic mass is 10.4. The second-order valence-corrected chi connectivity index (χ2v) is 5.04. The van der Waals surface area contributed by atoms with E-state index in [1.165, 1.54) is 4.88 Å². The third kappa shape index (κ3) is 6.09. The summed E-state index contributed by atoms with van der Waals surface area (Å²) in [6, 6.07) is 0. The number of ether oxygens (including phenoxy) is 1. The van der Waals surface area contributed by atoms with Crippen LogP contribution in [0.1, 0.15) is 23.2 Å². The summed E-state index contributed by atoms with van der Waals surface area (Å²) in [6.45, 7) is 4.69. The first-order valence-corrected chi connectivity index (χ1v) is 6.97. The number of aromatic nitrogens is 1. The first-order valence-electron chi connectivity index (χ1n) is 6.16. The first kappa shape index (κ1) is 15.1. The van der Waals surface area contributed by atoms with E-state index in [0.29, 0.717) is 26.1 Å². The molecule has 6 heteroatoms. The van der Waals surface area contributed by atoms with Crippen LogP contribution in [0, 0.1) is 0 Å². The molecule has 0 aromatic carbocycles. The molecule has 1 rings (SSSR count). The van der Waals surface area contributed by atoms with Gasteiger partial charge in [-0.2, -0.15) is 0 Å². The van der Waals surface area contributed by atoms with E-state index in [1.807, 2.05) is 6.20 Å². The topological polar surface area (TPSA) is 63.2 Å². The quantitative estimate of drug-likeness (QED) is 0.656. The Bertz CT molecular complexity index is 355. The van der Waals surface area contributed by atoms with Gasteiger partial charge in [-0.05, 0) is 6.42 Å². The third-order valence-electron chi connectivity index (χ3n) is 2.36. The van der Waals surface area contributed by atoms with Gasteiger partial charge in [-0.1, -0.05) is 6.92 Å². The van der Waals surface area contributed by atoms with Crippen molar-refractivity contribution >= 4 is 17.2 Å². The van der Waals surface area contributed by atoms with Gasteiger partial charge in [0.25, 0.3) is 0 Å². The standard InChI is InChI=1S/C12H21N3O2S/c1-3-12-15-9-10(18-12)8-13-5-4-11(16)14-6-7-17-2/h9,13H,3-8H2,1-2H3,(H,14,16). The van der Waals surface area contributed by atoms with Gasteiger partial charge in [0.1, 0.15) is 0 Å². The van der Waals surface area contributed by atoms with Crippen molar-refractivity contribution < 1.29 is 9.53 Å². The second kappa shape index (κ2) is 9.02. The van der Waals surface area contributed by atoms with Crippen molar-refractivity contribution in [2.75, 3.05) is 26.8 Å². The molecule has 0 radical (unpaired) electrons. The number of carbonyl (C=O) groups excluding carboxylic acids is 1. The number of methoxy groups -OCH3 is 1. The summed E-state index contributed by atoms with van der Waals surface area (Å²) in [4.78, 5) is 16.9. The molecular formula is C12H21N3O2S. The molecule has 0 aliphatic rings. The highest BCUT2D eigenvalue weighted by atomic mass is 32.1. The molecule has 0 saturated heterocycles. The van der Waals surface area contributed by atoms with Gasteiger partial charge in [0, 0.05) is 44.2 Å². The van der Waals surface area contributed by atoms with Gasteiger partial charge in [0.15, 0.2) is 0 Å². The average Bonchev–Trinajstić information content (AvgIpc) is 2.83. The van der Waals surface area contributed by atoms with Crippen molar-refractivity contribution in [2.24, 2.45) is 0 Å². The largest absolute Gasteiger partial charge is 0.383 e. The lowest BCUT2D eigenvalue weighted by Crippen LogP contribution is -2.29. The van der Waals surface area contributed by atoms with Crippen molar-refractivity contribution in [3.05, 3.63) is 16.1 Å². The number of hydrogen-bond donors (Lipinski definition) is 2.